The molecule has 0 amide bonds. The number of alkyl halides is 2. The van der Waals surface area contributed by atoms with Crippen molar-refractivity contribution < 1.29 is 13.9 Å². The maximum Gasteiger partial charge on any atom is 0.287 e. The van der Waals surface area contributed by atoms with Crippen LogP contribution in [0.15, 0.2) is 6.33 Å². The van der Waals surface area contributed by atoms with Gasteiger partial charge >= 0.3 is 0 Å². The fraction of sp³-hybridized carbons (Fsp3) is 0.500. The summed E-state index contributed by atoms with van der Waals surface area (Å²) in [5, 5.41) is 10.8. The monoisotopic (exact) mass is 233 g/mol. The number of nitrogen functional groups attached to an aromatic ring is 1. The topological polar surface area (TPSA) is 96.1 Å². The zero-order chi connectivity index (χ0) is 12.2. The number of hydrogen-bond acceptors (Lipinski definition) is 6. The molecule has 0 aliphatic carbocycles. The number of hydrazine groups is 1. The molecule has 8 heteroatoms. The van der Waals surface area contributed by atoms with Crippen LogP contribution in [0.5, 0.6) is 0 Å². The summed E-state index contributed by atoms with van der Waals surface area (Å²) in [7, 11) is 0. The lowest BCUT2D eigenvalue weighted by Crippen LogP contribution is -2.31. The molecule has 0 aliphatic rings. The summed E-state index contributed by atoms with van der Waals surface area (Å²) in [6, 6.07) is 0. The molecule has 1 aromatic heterocycles. The fourth-order valence-electron chi connectivity index (χ4n) is 1.04. The minimum Gasteiger partial charge on any atom is -0.390 e. The van der Waals surface area contributed by atoms with E-state index in [4.69, 9.17) is 10.9 Å². The van der Waals surface area contributed by atoms with Crippen molar-refractivity contribution in [2.24, 2.45) is 5.84 Å². The summed E-state index contributed by atoms with van der Waals surface area (Å²) in [5.74, 6) is 2.58. The first-order valence-corrected chi connectivity index (χ1v) is 4.51. The highest BCUT2D eigenvalue weighted by Crippen LogP contribution is 2.19. The fourth-order valence-corrected chi connectivity index (χ4v) is 1.04. The number of rotatable bonds is 5. The van der Waals surface area contributed by atoms with Gasteiger partial charge in [-0.05, 0) is 6.92 Å². The SMILES string of the molecule is Cc1c(NN)ncnc1NCC(F)(F)CO. The van der Waals surface area contributed by atoms with Gasteiger partial charge in [-0.2, -0.15) is 0 Å². The second-order valence-corrected chi connectivity index (χ2v) is 3.21. The van der Waals surface area contributed by atoms with E-state index in [0.29, 0.717) is 11.4 Å². The standard InChI is InChI=1S/C8H13F2N5O/c1-5-6(12-2-8(9,10)3-16)13-4-14-7(5)15-11/h4,16H,2-3,11H2,1H3,(H2,12,13,14,15). The van der Waals surface area contributed by atoms with E-state index in [0.717, 1.165) is 0 Å². The van der Waals surface area contributed by atoms with E-state index in [-0.39, 0.29) is 5.82 Å². The minimum absolute atomic E-state index is 0.246. The Bertz CT molecular complexity index is 360. The second kappa shape index (κ2) is 4.99. The summed E-state index contributed by atoms with van der Waals surface area (Å²) < 4.78 is 25.5. The van der Waals surface area contributed by atoms with Gasteiger partial charge in [-0.1, -0.05) is 0 Å². The molecule has 0 spiro atoms. The highest BCUT2D eigenvalue weighted by Gasteiger charge is 2.27. The molecule has 1 aromatic rings. The van der Waals surface area contributed by atoms with E-state index in [1.54, 1.807) is 6.92 Å². The number of hydrogen-bond donors (Lipinski definition) is 4. The van der Waals surface area contributed by atoms with E-state index in [9.17, 15) is 8.78 Å². The molecule has 0 aromatic carbocycles. The van der Waals surface area contributed by atoms with Crippen molar-refractivity contribution in [1.82, 2.24) is 9.97 Å². The summed E-state index contributed by atoms with van der Waals surface area (Å²) in [4.78, 5) is 7.59. The van der Waals surface area contributed by atoms with Crippen LogP contribution in [0.1, 0.15) is 5.56 Å². The first kappa shape index (κ1) is 12.5. The molecule has 5 N–H and O–H groups in total. The summed E-state index contributed by atoms with van der Waals surface area (Å²) in [5.41, 5.74) is 2.85. The smallest absolute Gasteiger partial charge is 0.287 e. The maximum absolute atomic E-state index is 12.8. The molecule has 0 saturated carbocycles. The quantitative estimate of drug-likeness (QED) is 0.426. The Morgan fingerprint density at radius 2 is 2.06 bits per heavy atom. The van der Waals surface area contributed by atoms with Crippen LogP contribution in [0.4, 0.5) is 20.4 Å². The lowest BCUT2D eigenvalue weighted by molar-refractivity contribution is -0.0373. The van der Waals surface area contributed by atoms with Gasteiger partial charge in [-0.3, -0.25) is 0 Å². The zero-order valence-electron chi connectivity index (χ0n) is 8.67. The van der Waals surface area contributed by atoms with Gasteiger partial charge in [0.15, 0.2) is 0 Å². The molecule has 1 rings (SSSR count). The molecule has 0 unspecified atom stereocenters. The van der Waals surface area contributed by atoms with Crippen molar-refractivity contribution in [1.29, 1.82) is 0 Å². The Kier molecular flexibility index (Phi) is 3.91. The molecule has 0 atom stereocenters. The number of nitrogens with zero attached hydrogens (tertiary/aromatic N) is 2. The molecule has 6 nitrogen and oxygen atoms in total. The number of anilines is 2. The Labute approximate surface area is 90.9 Å². The van der Waals surface area contributed by atoms with Crippen LogP contribution in [0.2, 0.25) is 0 Å². The van der Waals surface area contributed by atoms with E-state index >= 15 is 0 Å². The maximum atomic E-state index is 12.8. The second-order valence-electron chi connectivity index (χ2n) is 3.21. The van der Waals surface area contributed by atoms with Gasteiger partial charge in [0.05, 0.1) is 6.54 Å². The van der Waals surface area contributed by atoms with Crippen molar-refractivity contribution in [3.8, 4) is 0 Å². The Hall–Kier alpha value is -1.54. The molecule has 1 heterocycles. The number of nitrogens with one attached hydrogen (secondary N) is 2. The van der Waals surface area contributed by atoms with Gasteiger partial charge in [0.1, 0.15) is 24.6 Å². The van der Waals surface area contributed by atoms with Crippen molar-refractivity contribution >= 4 is 11.6 Å². The predicted molar refractivity (Wildman–Crippen MR) is 55.1 cm³/mol. The van der Waals surface area contributed by atoms with E-state index in [2.05, 4.69) is 20.7 Å². The summed E-state index contributed by atoms with van der Waals surface area (Å²) in [6.45, 7) is -0.286. The Morgan fingerprint density at radius 3 is 2.62 bits per heavy atom. The van der Waals surface area contributed by atoms with Crippen LogP contribution >= 0.6 is 0 Å². The molecule has 0 aliphatic heterocycles. The van der Waals surface area contributed by atoms with Crippen molar-refractivity contribution in [2.45, 2.75) is 12.8 Å². The van der Waals surface area contributed by atoms with Gasteiger partial charge < -0.3 is 15.8 Å². The molecular weight excluding hydrogens is 220 g/mol. The van der Waals surface area contributed by atoms with Crippen LogP contribution in [0, 0.1) is 6.92 Å². The molecule has 0 bridgehead atoms. The van der Waals surface area contributed by atoms with Gasteiger partial charge in [0.2, 0.25) is 0 Å². The normalized spacial score (nSPS) is 11.3. The van der Waals surface area contributed by atoms with Crippen LogP contribution < -0.4 is 16.6 Å². The number of halogens is 2. The minimum atomic E-state index is -3.19. The van der Waals surface area contributed by atoms with Crippen molar-refractivity contribution in [2.75, 3.05) is 23.9 Å². The van der Waals surface area contributed by atoms with Crippen molar-refractivity contribution in [3.63, 3.8) is 0 Å². The van der Waals surface area contributed by atoms with Gasteiger partial charge in [0.25, 0.3) is 5.92 Å². The molecule has 0 fully saturated rings. The molecule has 0 radical (unpaired) electrons. The summed E-state index contributed by atoms with van der Waals surface area (Å²) >= 11 is 0. The Morgan fingerprint density at radius 1 is 1.44 bits per heavy atom. The number of aliphatic hydroxyl groups is 1. The highest BCUT2D eigenvalue weighted by atomic mass is 19.3. The average Bonchev–Trinajstić information content (AvgIpc) is 2.28. The van der Waals surface area contributed by atoms with Crippen molar-refractivity contribution in [3.05, 3.63) is 11.9 Å². The van der Waals surface area contributed by atoms with Crippen LogP contribution in [0.25, 0.3) is 0 Å². The van der Waals surface area contributed by atoms with Crippen LogP contribution in [-0.4, -0.2) is 34.1 Å². The molecule has 90 valence electrons. The zero-order valence-corrected chi connectivity index (χ0v) is 8.67. The van der Waals surface area contributed by atoms with Gasteiger partial charge in [-0.15, -0.1) is 0 Å². The lowest BCUT2D eigenvalue weighted by Gasteiger charge is -2.16. The third-order valence-electron chi connectivity index (χ3n) is 1.97. The molecular formula is C8H13F2N5O. The van der Waals surface area contributed by atoms with Gasteiger partial charge in [-0.25, -0.2) is 24.6 Å². The summed E-state index contributed by atoms with van der Waals surface area (Å²) in [6.07, 6.45) is 1.20. The third-order valence-corrected chi connectivity index (χ3v) is 1.97. The number of aromatic nitrogens is 2. The van der Waals surface area contributed by atoms with Crippen LogP contribution in [0.3, 0.4) is 0 Å². The largest absolute Gasteiger partial charge is 0.390 e. The highest BCUT2D eigenvalue weighted by molar-refractivity contribution is 5.55. The third kappa shape index (κ3) is 2.97. The lowest BCUT2D eigenvalue weighted by atomic mass is 10.3. The predicted octanol–water partition coefficient (Wildman–Crippen LogP) is 0.110. The number of aliphatic hydroxyl groups excluding tert-OH is 1. The average molecular weight is 233 g/mol. The van der Waals surface area contributed by atoms with E-state index in [1.165, 1.54) is 6.33 Å². The first-order valence-electron chi connectivity index (χ1n) is 4.51. The Balaban J connectivity index is 2.75. The van der Waals surface area contributed by atoms with Crippen LogP contribution in [-0.2, 0) is 0 Å². The first-order chi connectivity index (χ1) is 7.50. The van der Waals surface area contributed by atoms with E-state index < -0.39 is 19.1 Å². The molecule has 16 heavy (non-hydrogen) atoms. The molecule has 0 saturated heterocycles. The van der Waals surface area contributed by atoms with E-state index in [1.807, 2.05) is 0 Å². The number of nitrogens with two attached hydrogens (primary N) is 1. The van der Waals surface area contributed by atoms with Gasteiger partial charge in [0, 0.05) is 5.56 Å².